The van der Waals surface area contributed by atoms with Gasteiger partial charge in [-0.3, -0.25) is 4.79 Å². The average molecular weight is 152 g/mol. The van der Waals surface area contributed by atoms with Crippen molar-refractivity contribution in [2.45, 2.75) is 27.2 Å². The zero-order valence-corrected chi connectivity index (χ0v) is 7.55. The lowest BCUT2D eigenvalue weighted by molar-refractivity contribution is -0.104. The molecule has 0 N–H and O–H groups in total. The van der Waals surface area contributed by atoms with Gasteiger partial charge in [-0.05, 0) is 24.3 Å². The Morgan fingerprint density at radius 2 is 2.09 bits per heavy atom. The van der Waals surface area contributed by atoms with Crippen LogP contribution in [-0.4, -0.2) is 6.29 Å². The topological polar surface area (TPSA) is 17.1 Å². The van der Waals surface area contributed by atoms with E-state index < -0.39 is 0 Å². The highest BCUT2D eigenvalue weighted by atomic mass is 16.1. The summed E-state index contributed by atoms with van der Waals surface area (Å²) in [5.74, 6) is 0. The van der Waals surface area contributed by atoms with E-state index in [2.05, 4.69) is 20.4 Å². The van der Waals surface area contributed by atoms with Crippen LogP contribution in [-0.2, 0) is 4.79 Å². The molecule has 0 aromatic rings. The smallest absolute Gasteiger partial charge is 0.145 e. The number of aldehydes is 1. The summed E-state index contributed by atoms with van der Waals surface area (Å²) in [4.78, 5) is 10.2. The number of allylic oxidation sites excluding steroid dienone is 3. The summed E-state index contributed by atoms with van der Waals surface area (Å²) >= 11 is 0. The first-order chi connectivity index (χ1) is 5.02. The molecule has 0 aliphatic carbocycles. The van der Waals surface area contributed by atoms with Crippen molar-refractivity contribution >= 4 is 6.29 Å². The molecule has 0 spiro atoms. The summed E-state index contributed by atoms with van der Waals surface area (Å²) in [5, 5.41) is 0. The SMILES string of the molecule is C=CC(C)(C)CC=C(C)C=O. The third kappa shape index (κ3) is 4.54. The predicted octanol–water partition coefficient (Wildman–Crippen LogP) is 2.73. The minimum atomic E-state index is 0.101. The van der Waals surface area contributed by atoms with Gasteiger partial charge in [0.1, 0.15) is 6.29 Å². The summed E-state index contributed by atoms with van der Waals surface area (Å²) in [6.45, 7) is 9.71. The number of rotatable bonds is 4. The van der Waals surface area contributed by atoms with Crippen LogP contribution in [0, 0.1) is 5.41 Å². The Labute approximate surface area is 68.8 Å². The molecule has 0 amide bonds. The third-order valence-corrected chi connectivity index (χ3v) is 1.69. The molecule has 0 saturated carbocycles. The van der Waals surface area contributed by atoms with Crippen molar-refractivity contribution in [3.8, 4) is 0 Å². The largest absolute Gasteiger partial charge is 0.298 e. The minimum absolute atomic E-state index is 0.101. The Hall–Kier alpha value is -0.850. The van der Waals surface area contributed by atoms with E-state index in [0.717, 1.165) is 18.3 Å². The van der Waals surface area contributed by atoms with Crippen molar-refractivity contribution in [1.29, 1.82) is 0 Å². The molecule has 0 heterocycles. The van der Waals surface area contributed by atoms with Gasteiger partial charge in [0.2, 0.25) is 0 Å². The second-order valence-electron chi connectivity index (χ2n) is 3.46. The van der Waals surface area contributed by atoms with Crippen LogP contribution < -0.4 is 0 Å². The van der Waals surface area contributed by atoms with E-state index in [4.69, 9.17) is 0 Å². The second-order valence-corrected chi connectivity index (χ2v) is 3.46. The molecule has 0 aliphatic rings. The molecule has 0 radical (unpaired) electrons. The summed E-state index contributed by atoms with van der Waals surface area (Å²) in [6, 6.07) is 0. The molecule has 0 atom stereocenters. The fraction of sp³-hybridized carbons (Fsp3) is 0.500. The van der Waals surface area contributed by atoms with Gasteiger partial charge >= 0.3 is 0 Å². The molecule has 0 fully saturated rings. The molecule has 0 aromatic heterocycles. The maximum atomic E-state index is 10.2. The van der Waals surface area contributed by atoms with E-state index >= 15 is 0 Å². The van der Waals surface area contributed by atoms with E-state index in [9.17, 15) is 4.79 Å². The van der Waals surface area contributed by atoms with Crippen molar-refractivity contribution in [1.82, 2.24) is 0 Å². The van der Waals surface area contributed by atoms with Gasteiger partial charge in [0, 0.05) is 0 Å². The standard InChI is InChI=1S/C10H16O/c1-5-10(3,4)7-6-9(2)8-11/h5-6,8H,1,7H2,2-4H3. The Morgan fingerprint density at radius 1 is 1.55 bits per heavy atom. The predicted molar refractivity (Wildman–Crippen MR) is 48.4 cm³/mol. The minimum Gasteiger partial charge on any atom is -0.298 e. The molecular formula is C10H16O. The molecule has 0 unspecified atom stereocenters. The monoisotopic (exact) mass is 152 g/mol. The van der Waals surface area contributed by atoms with Gasteiger partial charge < -0.3 is 0 Å². The molecule has 1 heteroatoms. The lowest BCUT2D eigenvalue weighted by Crippen LogP contribution is -2.04. The maximum Gasteiger partial charge on any atom is 0.145 e. The van der Waals surface area contributed by atoms with Gasteiger partial charge in [-0.25, -0.2) is 0 Å². The average Bonchev–Trinajstić information content (AvgIpc) is 2.00. The van der Waals surface area contributed by atoms with Crippen molar-refractivity contribution in [2.24, 2.45) is 5.41 Å². The lowest BCUT2D eigenvalue weighted by Gasteiger charge is -2.16. The molecule has 1 nitrogen and oxygen atoms in total. The van der Waals surface area contributed by atoms with Crippen LogP contribution in [0.5, 0.6) is 0 Å². The summed E-state index contributed by atoms with van der Waals surface area (Å²) in [6.07, 6.45) is 5.59. The van der Waals surface area contributed by atoms with Crippen molar-refractivity contribution in [2.75, 3.05) is 0 Å². The number of carbonyl (C=O) groups excluding carboxylic acids is 1. The quantitative estimate of drug-likeness (QED) is 0.344. The van der Waals surface area contributed by atoms with Gasteiger partial charge in [-0.15, -0.1) is 6.58 Å². The van der Waals surface area contributed by atoms with Crippen LogP contribution in [0.25, 0.3) is 0 Å². The van der Waals surface area contributed by atoms with Gasteiger partial charge in [0.05, 0.1) is 0 Å². The van der Waals surface area contributed by atoms with Gasteiger partial charge in [0.15, 0.2) is 0 Å². The summed E-state index contributed by atoms with van der Waals surface area (Å²) < 4.78 is 0. The van der Waals surface area contributed by atoms with E-state index in [-0.39, 0.29) is 5.41 Å². The van der Waals surface area contributed by atoms with Crippen LogP contribution in [0.15, 0.2) is 24.3 Å². The van der Waals surface area contributed by atoms with Crippen LogP contribution in [0.4, 0.5) is 0 Å². The van der Waals surface area contributed by atoms with Crippen molar-refractivity contribution in [3.05, 3.63) is 24.3 Å². The Balaban J connectivity index is 4.06. The molecular weight excluding hydrogens is 136 g/mol. The first-order valence-corrected chi connectivity index (χ1v) is 3.77. The Bertz CT molecular complexity index is 175. The van der Waals surface area contributed by atoms with Crippen LogP contribution in [0.3, 0.4) is 0 Å². The van der Waals surface area contributed by atoms with E-state index in [1.54, 1.807) is 0 Å². The Morgan fingerprint density at radius 3 is 2.45 bits per heavy atom. The highest BCUT2D eigenvalue weighted by Gasteiger charge is 2.09. The number of hydrogen-bond donors (Lipinski definition) is 0. The molecule has 0 aliphatic heterocycles. The van der Waals surface area contributed by atoms with Crippen molar-refractivity contribution < 1.29 is 4.79 Å². The van der Waals surface area contributed by atoms with Crippen LogP contribution in [0.1, 0.15) is 27.2 Å². The number of carbonyl (C=O) groups is 1. The highest BCUT2D eigenvalue weighted by molar-refractivity contribution is 5.71. The zero-order valence-electron chi connectivity index (χ0n) is 7.55. The molecule has 0 rings (SSSR count). The lowest BCUT2D eigenvalue weighted by atomic mass is 9.89. The first-order valence-electron chi connectivity index (χ1n) is 3.77. The molecule has 11 heavy (non-hydrogen) atoms. The van der Waals surface area contributed by atoms with Crippen LogP contribution >= 0.6 is 0 Å². The van der Waals surface area contributed by atoms with E-state index in [1.165, 1.54) is 0 Å². The first kappa shape index (κ1) is 10.2. The normalized spacial score (nSPS) is 12.8. The number of hydrogen-bond acceptors (Lipinski definition) is 1. The fourth-order valence-electron chi connectivity index (χ4n) is 0.555. The van der Waals surface area contributed by atoms with Crippen LogP contribution in [0.2, 0.25) is 0 Å². The van der Waals surface area contributed by atoms with Crippen molar-refractivity contribution in [3.63, 3.8) is 0 Å². The van der Waals surface area contributed by atoms with E-state index in [1.807, 2.05) is 19.1 Å². The second kappa shape index (κ2) is 4.12. The highest BCUT2D eigenvalue weighted by Crippen LogP contribution is 2.21. The molecule has 0 aromatic carbocycles. The molecule has 0 saturated heterocycles. The van der Waals surface area contributed by atoms with Gasteiger partial charge in [0.25, 0.3) is 0 Å². The molecule has 62 valence electrons. The summed E-state index contributed by atoms with van der Waals surface area (Å²) in [7, 11) is 0. The van der Waals surface area contributed by atoms with Gasteiger partial charge in [-0.2, -0.15) is 0 Å². The van der Waals surface area contributed by atoms with Gasteiger partial charge in [-0.1, -0.05) is 26.0 Å². The summed E-state index contributed by atoms with van der Waals surface area (Å²) in [5.41, 5.74) is 0.893. The maximum absolute atomic E-state index is 10.2. The Kier molecular flexibility index (Phi) is 3.80. The fourth-order valence-corrected chi connectivity index (χ4v) is 0.555. The third-order valence-electron chi connectivity index (χ3n) is 1.69. The molecule has 0 bridgehead atoms. The van der Waals surface area contributed by atoms with E-state index in [0.29, 0.717) is 0 Å². The zero-order chi connectivity index (χ0) is 8.91.